The summed E-state index contributed by atoms with van der Waals surface area (Å²) < 4.78 is 26.5. The number of amides is 2. The first kappa shape index (κ1) is 23.7. The zero-order valence-electron chi connectivity index (χ0n) is 18.5. The van der Waals surface area contributed by atoms with Crippen LogP contribution in [-0.4, -0.2) is 55.3 Å². The lowest BCUT2D eigenvalue weighted by molar-refractivity contribution is 0.0388. The highest BCUT2D eigenvalue weighted by Crippen LogP contribution is 2.34. The molecule has 4 rings (SSSR count). The van der Waals surface area contributed by atoms with Gasteiger partial charge in [0.1, 0.15) is 17.7 Å². The molecule has 176 valence electrons. The molecule has 1 saturated heterocycles. The molecule has 0 bridgehead atoms. The van der Waals surface area contributed by atoms with Gasteiger partial charge in [-0.3, -0.25) is 10.2 Å². The summed E-state index contributed by atoms with van der Waals surface area (Å²) >= 11 is 7.65. The van der Waals surface area contributed by atoms with Crippen LogP contribution in [0, 0.1) is 12.7 Å². The first-order valence-electron chi connectivity index (χ1n) is 10.8. The van der Waals surface area contributed by atoms with Gasteiger partial charge in [0, 0.05) is 31.7 Å². The fraction of sp³-hybridized carbons (Fsp3) is 0.391. The predicted octanol–water partition coefficient (Wildman–Crippen LogP) is 4.99. The molecule has 1 aliphatic rings. The summed E-state index contributed by atoms with van der Waals surface area (Å²) in [5, 5.41) is 6.50. The number of anilines is 1. The van der Waals surface area contributed by atoms with Gasteiger partial charge >= 0.3 is 6.03 Å². The van der Waals surface area contributed by atoms with Crippen LogP contribution in [0.25, 0.3) is 10.2 Å². The number of nitrogens with one attached hydrogen (secondary N) is 2. The summed E-state index contributed by atoms with van der Waals surface area (Å²) in [7, 11) is 0. The molecule has 1 atom stereocenters. The SMILES string of the molecule is Cc1ccc(F)c(C(C)Oc2ccc3nc(NC(=O)NCCN4CCOCC4)sc3c2)c1Cl. The number of ether oxygens (including phenoxy) is 2. The number of rotatable bonds is 7. The van der Waals surface area contributed by atoms with Crippen molar-refractivity contribution >= 4 is 44.3 Å². The molecule has 2 heterocycles. The Morgan fingerprint density at radius 3 is 2.91 bits per heavy atom. The van der Waals surface area contributed by atoms with E-state index in [1.54, 1.807) is 19.1 Å². The average molecular weight is 493 g/mol. The molecular formula is C23H26ClFN4O3S. The van der Waals surface area contributed by atoms with Gasteiger partial charge in [0.15, 0.2) is 5.13 Å². The molecule has 0 saturated carbocycles. The third kappa shape index (κ3) is 5.92. The van der Waals surface area contributed by atoms with E-state index in [4.69, 9.17) is 21.1 Å². The fourth-order valence-corrected chi connectivity index (χ4v) is 4.84. The average Bonchev–Trinajstić information content (AvgIpc) is 3.18. The zero-order chi connectivity index (χ0) is 23.4. The van der Waals surface area contributed by atoms with E-state index in [-0.39, 0.29) is 6.03 Å². The summed E-state index contributed by atoms with van der Waals surface area (Å²) in [6, 6.07) is 8.15. The van der Waals surface area contributed by atoms with E-state index >= 15 is 0 Å². The van der Waals surface area contributed by atoms with E-state index in [1.807, 2.05) is 19.1 Å². The van der Waals surface area contributed by atoms with Crippen LogP contribution in [0.1, 0.15) is 24.2 Å². The highest BCUT2D eigenvalue weighted by Gasteiger charge is 2.19. The number of carbonyl (C=O) groups is 1. The van der Waals surface area contributed by atoms with Gasteiger partial charge in [0.25, 0.3) is 0 Å². The molecule has 0 radical (unpaired) electrons. The van der Waals surface area contributed by atoms with Gasteiger partial charge in [-0.2, -0.15) is 0 Å². The van der Waals surface area contributed by atoms with E-state index < -0.39 is 11.9 Å². The normalized spacial score (nSPS) is 15.4. The maximum atomic E-state index is 14.3. The topological polar surface area (TPSA) is 75.7 Å². The number of hydrogen-bond acceptors (Lipinski definition) is 6. The summed E-state index contributed by atoms with van der Waals surface area (Å²) in [4.78, 5) is 18.9. The molecule has 3 aromatic rings. The summed E-state index contributed by atoms with van der Waals surface area (Å²) in [5.41, 5.74) is 1.86. The number of nitrogens with zero attached hydrogens (tertiary/aromatic N) is 2. The maximum Gasteiger partial charge on any atom is 0.321 e. The number of carbonyl (C=O) groups excluding carboxylic acids is 1. The third-order valence-corrected chi connectivity index (χ3v) is 6.87. The molecule has 2 aromatic carbocycles. The summed E-state index contributed by atoms with van der Waals surface area (Å²) in [6.45, 7) is 8.14. The van der Waals surface area contributed by atoms with Crippen LogP contribution >= 0.6 is 22.9 Å². The lowest BCUT2D eigenvalue weighted by Crippen LogP contribution is -2.42. The number of hydrogen-bond donors (Lipinski definition) is 2. The van der Waals surface area contributed by atoms with Crippen molar-refractivity contribution in [2.75, 3.05) is 44.7 Å². The van der Waals surface area contributed by atoms with Crippen LogP contribution in [0.15, 0.2) is 30.3 Å². The molecule has 0 aliphatic carbocycles. The third-order valence-electron chi connectivity index (χ3n) is 5.44. The Morgan fingerprint density at radius 1 is 1.33 bits per heavy atom. The molecule has 0 spiro atoms. The van der Waals surface area contributed by atoms with Crippen LogP contribution in [0.4, 0.5) is 14.3 Å². The van der Waals surface area contributed by atoms with Crippen molar-refractivity contribution in [1.82, 2.24) is 15.2 Å². The molecule has 2 N–H and O–H groups in total. The van der Waals surface area contributed by atoms with Gasteiger partial charge in [0.2, 0.25) is 0 Å². The Balaban J connectivity index is 1.36. The van der Waals surface area contributed by atoms with Crippen molar-refractivity contribution < 1.29 is 18.7 Å². The van der Waals surface area contributed by atoms with Crippen molar-refractivity contribution in [1.29, 1.82) is 0 Å². The lowest BCUT2D eigenvalue weighted by atomic mass is 10.1. The number of urea groups is 1. The highest BCUT2D eigenvalue weighted by atomic mass is 35.5. The van der Waals surface area contributed by atoms with E-state index in [9.17, 15) is 9.18 Å². The van der Waals surface area contributed by atoms with Gasteiger partial charge in [-0.25, -0.2) is 14.2 Å². The van der Waals surface area contributed by atoms with Gasteiger partial charge in [-0.15, -0.1) is 0 Å². The Kier molecular flexibility index (Phi) is 7.64. The minimum absolute atomic E-state index is 0.294. The smallest absolute Gasteiger partial charge is 0.321 e. The molecule has 10 heteroatoms. The zero-order valence-corrected chi connectivity index (χ0v) is 20.1. The number of aromatic nitrogens is 1. The Morgan fingerprint density at radius 2 is 2.12 bits per heavy atom. The second-order valence-corrected chi connectivity index (χ2v) is 9.24. The minimum atomic E-state index is -0.572. The number of aryl methyl sites for hydroxylation is 1. The van der Waals surface area contributed by atoms with Gasteiger partial charge in [-0.1, -0.05) is 29.0 Å². The summed E-state index contributed by atoms with van der Waals surface area (Å²) in [6.07, 6.45) is -0.572. The molecule has 2 amide bonds. The largest absolute Gasteiger partial charge is 0.486 e. The number of fused-ring (bicyclic) bond motifs is 1. The molecule has 1 unspecified atom stereocenters. The fourth-order valence-electron chi connectivity index (χ4n) is 3.64. The van der Waals surface area contributed by atoms with Crippen LogP contribution in [0.5, 0.6) is 5.75 Å². The van der Waals surface area contributed by atoms with Crippen molar-refractivity contribution in [2.45, 2.75) is 20.0 Å². The maximum absolute atomic E-state index is 14.3. The predicted molar refractivity (Wildman–Crippen MR) is 129 cm³/mol. The Bertz CT molecular complexity index is 1140. The number of morpholine rings is 1. The van der Waals surface area contributed by atoms with E-state index in [0.29, 0.717) is 28.0 Å². The molecule has 1 fully saturated rings. The van der Waals surface area contributed by atoms with Gasteiger partial charge in [0.05, 0.1) is 28.5 Å². The van der Waals surface area contributed by atoms with Crippen LogP contribution in [0.2, 0.25) is 5.02 Å². The molecule has 1 aliphatic heterocycles. The Labute approximate surface area is 200 Å². The van der Waals surface area contributed by atoms with Crippen molar-refractivity contribution in [2.24, 2.45) is 0 Å². The van der Waals surface area contributed by atoms with Crippen LogP contribution in [-0.2, 0) is 4.74 Å². The molecule has 33 heavy (non-hydrogen) atoms. The number of benzene rings is 2. The minimum Gasteiger partial charge on any atom is -0.486 e. The van der Waals surface area contributed by atoms with Crippen LogP contribution < -0.4 is 15.4 Å². The van der Waals surface area contributed by atoms with Gasteiger partial charge < -0.3 is 14.8 Å². The van der Waals surface area contributed by atoms with Gasteiger partial charge in [-0.05, 0) is 43.7 Å². The monoisotopic (exact) mass is 492 g/mol. The van der Waals surface area contributed by atoms with E-state index in [1.165, 1.54) is 17.4 Å². The Hall–Kier alpha value is -2.46. The van der Waals surface area contributed by atoms with Crippen molar-refractivity contribution in [3.63, 3.8) is 0 Å². The molecule has 7 nitrogen and oxygen atoms in total. The molecular weight excluding hydrogens is 467 g/mol. The highest BCUT2D eigenvalue weighted by molar-refractivity contribution is 7.22. The number of halogens is 2. The van der Waals surface area contributed by atoms with Crippen molar-refractivity contribution in [3.8, 4) is 5.75 Å². The van der Waals surface area contributed by atoms with E-state index in [0.717, 1.165) is 48.6 Å². The summed E-state index contributed by atoms with van der Waals surface area (Å²) in [5.74, 6) is 0.167. The second-order valence-electron chi connectivity index (χ2n) is 7.84. The second kappa shape index (κ2) is 10.6. The standard InChI is InChI=1S/C23H26ClFN4O3S/c1-14-3-5-17(25)20(21(14)24)15(2)32-16-4-6-18-19(13-16)33-23(27-18)28-22(30)26-7-8-29-9-11-31-12-10-29/h3-6,13,15H,7-12H2,1-2H3,(H2,26,27,28,30). The first-order chi connectivity index (χ1) is 15.9. The van der Waals surface area contributed by atoms with E-state index in [2.05, 4.69) is 20.5 Å². The first-order valence-corrected chi connectivity index (χ1v) is 12.0. The van der Waals surface area contributed by atoms with Crippen LogP contribution in [0.3, 0.4) is 0 Å². The molecule has 1 aromatic heterocycles. The van der Waals surface area contributed by atoms with Crippen molar-refractivity contribution in [3.05, 3.63) is 52.3 Å². The number of thiazole rings is 1. The lowest BCUT2D eigenvalue weighted by Gasteiger charge is -2.26. The quantitative estimate of drug-likeness (QED) is 0.486.